The second kappa shape index (κ2) is 8.89. The van der Waals surface area contributed by atoms with Crippen LogP contribution in [0.25, 0.3) is 0 Å². The highest BCUT2D eigenvalue weighted by atomic mass is 16.6. The van der Waals surface area contributed by atoms with E-state index >= 15 is 0 Å². The van der Waals surface area contributed by atoms with Crippen molar-refractivity contribution in [2.24, 2.45) is 0 Å². The molecule has 2 amide bonds. The fourth-order valence-corrected chi connectivity index (χ4v) is 2.83. The molecule has 0 spiro atoms. The van der Waals surface area contributed by atoms with Crippen molar-refractivity contribution in [3.05, 3.63) is 42.2 Å². The summed E-state index contributed by atoms with van der Waals surface area (Å²) in [6.45, 7) is 4.28. The molecule has 1 aliphatic rings. The van der Waals surface area contributed by atoms with Gasteiger partial charge < -0.3 is 20.3 Å². The van der Waals surface area contributed by atoms with Crippen molar-refractivity contribution in [2.45, 2.75) is 6.92 Å². The van der Waals surface area contributed by atoms with Crippen molar-refractivity contribution < 1.29 is 14.3 Å². The van der Waals surface area contributed by atoms with Crippen molar-refractivity contribution in [3.63, 3.8) is 0 Å². The molecule has 1 aromatic heterocycles. The third kappa shape index (κ3) is 4.40. The average molecular weight is 385 g/mol. The molecule has 0 aliphatic carbocycles. The lowest BCUT2D eigenvalue weighted by Crippen LogP contribution is -2.49. The fourth-order valence-electron chi connectivity index (χ4n) is 2.83. The summed E-state index contributed by atoms with van der Waals surface area (Å²) < 4.78 is 5.02. The molecule has 4 N–H and O–H groups in total. The van der Waals surface area contributed by atoms with Crippen LogP contribution in [0.3, 0.4) is 0 Å². The van der Waals surface area contributed by atoms with Crippen molar-refractivity contribution in [3.8, 4) is 0 Å². The molecule has 28 heavy (non-hydrogen) atoms. The predicted octanol–water partition coefficient (Wildman–Crippen LogP) is 1.09. The van der Waals surface area contributed by atoms with Crippen LogP contribution < -0.4 is 21.5 Å². The molecule has 1 aliphatic heterocycles. The van der Waals surface area contributed by atoms with Crippen LogP contribution in [0.5, 0.6) is 0 Å². The smallest absolute Gasteiger partial charge is 0.409 e. The molecule has 3 rings (SSSR count). The van der Waals surface area contributed by atoms with E-state index < -0.39 is 0 Å². The number of ether oxygens (including phenoxy) is 1. The second-order valence-corrected chi connectivity index (χ2v) is 6.08. The number of aromatic nitrogens is 2. The molecule has 10 heteroatoms. The van der Waals surface area contributed by atoms with Crippen LogP contribution in [0.1, 0.15) is 17.3 Å². The number of amides is 2. The highest BCUT2D eigenvalue weighted by molar-refractivity contribution is 5.95. The maximum absolute atomic E-state index is 12.2. The number of rotatable bonds is 5. The van der Waals surface area contributed by atoms with Gasteiger partial charge in [0, 0.05) is 31.7 Å². The summed E-state index contributed by atoms with van der Waals surface area (Å²) in [5.74, 6) is 0.556. The number of hydrazine groups is 1. The van der Waals surface area contributed by atoms with Gasteiger partial charge in [-0.15, -0.1) is 0 Å². The van der Waals surface area contributed by atoms with Gasteiger partial charge in [0.2, 0.25) is 0 Å². The van der Waals surface area contributed by atoms with Crippen LogP contribution in [-0.2, 0) is 4.74 Å². The fraction of sp³-hybridized carbons (Fsp3) is 0.333. The van der Waals surface area contributed by atoms with Crippen molar-refractivity contribution in [2.75, 3.05) is 48.8 Å². The van der Waals surface area contributed by atoms with Gasteiger partial charge in [-0.05, 0) is 19.1 Å². The maximum Gasteiger partial charge on any atom is 0.409 e. The zero-order valence-corrected chi connectivity index (χ0v) is 15.6. The lowest BCUT2D eigenvalue weighted by molar-refractivity contribution is 0.0962. The number of hydrogen-bond donors (Lipinski definition) is 3. The third-order valence-electron chi connectivity index (χ3n) is 4.30. The Kier molecular flexibility index (Phi) is 6.10. The lowest BCUT2D eigenvalue weighted by Gasteiger charge is -2.35. The van der Waals surface area contributed by atoms with Crippen LogP contribution >= 0.6 is 0 Å². The minimum atomic E-state index is -0.316. The maximum atomic E-state index is 12.2. The highest BCUT2D eigenvalue weighted by Gasteiger charge is 2.24. The molecule has 1 aromatic carbocycles. The Labute approximate surface area is 162 Å². The first-order valence-electron chi connectivity index (χ1n) is 8.98. The molecule has 0 saturated carbocycles. The van der Waals surface area contributed by atoms with E-state index in [0.717, 1.165) is 0 Å². The van der Waals surface area contributed by atoms with Crippen LogP contribution in [0.4, 0.5) is 22.1 Å². The molecule has 0 bridgehead atoms. The van der Waals surface area contributed by atoms with Crippen molar-refractivity contribution in [1.82, 2.24) is 20.3 Å². The number of anilines is 3. The van der Waals surface area contributed by atoms with Gasteiger partial charge in [0.15, 0.2) is 11.6 Å². The number of carbonyl (C=O) groups excluding carboxylic acids is 2. The Morgan fingerprint density at radius 2 is 1.86 bits per heavy atom. The summed E-state index contributed by atoms with van der Waals surface area (Å²) in [6.07, 6.45) is 1.06. The number of benzene rings is 1. The molecule has 2 aromatic rings. The van der Waals surface area contributed by atoms with Gasteiger partial charge in [-0.3, -0.25) is 15.6 Å². The van der Waals surface area contributed by atoms with Gasteiger partial charge in [0.1, 0.15) is 12.0 Å². The summed E-state index contributed by atoms with van der Waals surface area (Å²) in [6, 6.07) is 8.80. The molecule has 0 atom stereocenters. The normalized spacial score (nSPS) is 13.8. The van der Waals surface area contributed by atoms with Gasteiger partial charge in [0.05, 0.1) is 6.61 Å². The third-order valence-corrected chi connectivity index (χ3v) is 4.30. The van der Waals surface area contributed by atoms with E-state index in [0.29, 0.717) is 55.7 Å². The molecule has 10 nitrogen and oxygen atoms in total. The summed E-state index contributed by atoms with van der Waals surface area (Å²) >= 11 is 0. The van der Waals surface area contributed by atoms with E-state index in [-0.39, 0.29) is 12.0 Å². The monoisotopic (exact) mass is 385 g/mol. The number of hydrogen-bond acceptors (Lipinski definition) is 8. The highest BCUT2D eigenvalue weighted by Crippen LogP contribution is 2.26. The molecule has 2 heterocycles. The van der Waals surface area contributed by atoms with Crippen LogP contribution in [0, 0.1) is 0 Å². The molecular weight excluding hydrogens is 362 g/mol. The standard InChI is InChI=1S/C18H23N7O3/c1-2-28-18(27)25-10-8-24(9-11-25)16-14(19)15(20-12-21-16)22-23-17(26)13-6-4-3-5-7-13/h3-7,12H,2,8-11,19H2,1H3,(H,23,26)(H,20,21,22). The van der Waals surface area contributed by atoms with E-state index in [1.165, 1.54) is 6.33 Å². The first-order chi connectivity index (χ1) is 13.6. The molecule has 1 fully saturated rings. The SMILES string of the molecule is CCOC(=O)N1CCN(c2ncnc(NNC(=O)c3ccccc3)c2N)CC1. The number of carbonyl (C=O) groups is 2. The Hall–Kier alpha value is -3.56. The van der Waals surface area contributed by atoms with Crippen LogP contribution in [0.2, 0.25) is 0 Å². The number of nitrogen functional groups attached to an aromatic ring is 1. The van der Waals surface area contributed by atoms with E-state index in [4.69, 9.17) is 10.5 Å². The van der Waals surface area contributed by atoms with Crippen molar-refractivity contribution >= 4 is 29.3 Å². The van der Waals surface area contributed by atoms with Crippen LogP contribution in [-0.4, -0.2) is 59.7 Å². The minimum Gasteiger partial charge on any atom is -0.450 e. The molecule has 0 unspecified atom stereocenters. The largest absolute Gasteiger partial charge is 0.450 e. The van der Waals surface area contributed by atoms with E-state index in [2.05, 4.69) is 20.8 Å². The van der Waals surface area contributed by atoms with Gasteiger partial charge in [0.25, 0.3) is 5.91 Å². The Bertz CT molecular complexity index is 823. The summed E-state index contributed by atoms with van der Waals surface area (Å²) in [5.41, 5.74) is 12.4. The van der Waals surface area contributed by atoms with E-state index in [1.54, 1.807) is 36.1 Å². The number of piperazine rings is 1. The Morgan fingerprint density at radius 1 is 1.14 bits per heavy atom. The zero-order chi connectivity index (χ0) is 19.9. The van der Waals surface area contributed by atoms with Gasteiger partial charge >= 0.3 is 6.09 Å². The quantitative estimate of drug-likeness (QED) is 0.653. The molecule has 1 saturated heterocycles. The van der Waals surface area contributed by atoms with Gasteiger partial charge in [-0.2, -0.15) is 0 Å². The van der Waals surface area contributed by atoms with Gasteiger partial charge in [-0.1, -0.05) is 18.2 Å². The first-order valence-corrected chi connectivity index (χ1v) is 8.98. The number of nitrogens with one attached hydrogen (secondary N) is 2. The van der Waals surface area contributed by atoms with E-state index in [9.17, 15) is 9.59 Å². The number of nitrogens with two attached hydrogens (primary N) is 1. The Balaban J connectivity index is 1.62. The average Bonchev–Trinajstić information content (AvgIpc) is 2.74. The number of nitrogens with zero attached hydrogens (tertiary/aromatic N) is 4. The van der Waals surface area contributed by atoms with Crippen molar-refractivity contribution in [1.29, 1.82) is 0 Å². The molecule has 0 radical (unpaired) electrons. The Morgan fingerprint density at radius 3 is 2.54 bits per heavy atom. The van der Waals surface area contributed by atoms with Crippen LogP contribution in [0.15, 0.2) is 36.7 Å². The summed E-state index contributed by atoms with van der Waals surface area (Å²) in [4.78, 5) is 35.9. The minimum absolute atomic E-state index is 0.303. The van der Waals surface area contributed by atoms with E-state index in [1.807, 2.05) is 11.0 Å². The van der Waals surface area contributed by atoms with Gasteiger partial charge in [-0.25, -0.2) is 14.8 Å². The second-order valence-electron chi connectivity index (χ2n) is 6.08. The summed E-state index contributed by atoms with van der Waals surface area (Å²) in [5, 5.41) is 0. The topological polar surface area (TPSA) is 126 Å². The zero-order valence-electron chi connectivity index (χ0n) is 15.6. The summed E-state index contributed by atoms with van der Waals surface area (Å²) in [7, 11) is 0. The first kappa shape index (κ1) is 19.2. The lowest BCUT2D eigenvalue weighted by atomic mass is 10.2. The molecule has 148 valence electrons. The predicted molar refractivity (Wildman–Crippen MR) is 105 cm³/mol. The molecular formula is C18H23N7O3.